The first-order chi connectivity index (χ1) is 13.6. The zero-order chi connectivity index (χ0) is 22.2. The van der Waals surface area contributed by atoms with Crippen LogP contribution in [-0.4, -0.2) is 6.79 Å². The van der Waals surface area contributed by atoms with Crippen LogP contribution in [0.5, 0.6) is 11.5 Å². The number of benzene rings is 2. The van der Waals surface area contributed by atoms with Crippen LogP contribution in [0, 0.1) is 0 Å². The van der Waals surface area contributed by atoms with Crippen molar-refractivity contribution in [1.82, 2.24) is 0 Å². The Labute approximate surface area is 177 Å². The number of allylic oxidation sites excluding steroid dienone is 2. The number of hydrogen-bond donors (Lipinski definition) is 0. The highest BCUT2D eigenvalue weighted by molar-refractivity contribution is 5.47. The fourth-order valence-electron chi connectivity index (χ4n) is 3.04. The van der Waals surface area contributed by atoms with Crippen molar-refractivity contribution in [3.05, 3.63) is 84.0 Å². The molecule has 0 aromatic heterocycles. The van der Waals surface area contributed by atoms with Gasteiger partial charge in [-0.2, -0.15) is 0 Å². The molecule has 0 aliphatic heterocycles. The van der Waals surface area contributed by atoms with Crippen molar-refractivity contribution >= 4 is 6.79 Å². The average molecular weight is 393 g/mol. The molecule has 0 spiro atoms. The van der Waals surface area contributed by atoms with Crippen molar-refractivity contribution in [3.8, 4) is 11.5 Å². The van der Waals surface area contributed by atoms with Crippen LogP contribution < -0.4 is 4.74 Å². The lowest BCUT2D eigenvalue weighted by atomic mass is 9.85. The molecule has 0 N–H and O–H groups in total. The van der Waals surface area contributed by atoms with E-state index < -0.39 is 0 Å². The molecular weight excluding hydrogens is 356 g/mol. The molecule has 2 rings (SSSR count). The van der Waals surface area contributed by atoms with Crippen LogP contribution in [0.2, 0.25) is 0 Å². The molecular formula is C27H36O2. The first-order valence-electron chi connectivity index (χ1n) is 10.0. The van der Waals surface area contributed by atoms with Crippen LogP contribution in [0.1, 0.15) is 63.8 Å². The lowest BCUT2D eigenvalue weighted by molar-refractivity contribution is -0.0979. The van der Waals surface area contributed by atoms with E-state index in [1.807, 2.05) is 18.9 Å². The minimum absolute atomic E-state index is 0.108. The van der Waals surface area contributed by atoms with Crippen molar-refractivity contribution in [1.29, 1.82) is 0 Å². The Morgan fingerprint density at radius 1 is 0.724 bits per heavy atom. The van der Waals surface area contributed by atoms with Gasteiger partial charge in [0.05, 0.1) is 0 Å². The third-order valence-corrected chi connectivity index (χ3v) is 4.80. The van der Waals surface area contributed by atoms with Gasteiger partial charge in [0.2, 0.25) is 0 Å². The van der Waals surface area contributed by atoms with Crippen LogP contribution in [0.15, 0.2) is 61.7 Å². The van der Waals surface area contributed by atoms with Crippen LogP contribution in [0.25, 0.3) is 0 Å². The van der Waals surface area contributed by atoms with E-state index in [2.05, 4.69) is 91.1 Å². The van der Waals surface area contributed by atoms with Crippen molar-refractivity contribution < 1.29 is 9.53 Å². The topological polar surface area (TPSA) is 26.3 Å². The van der Waals surface area contributed by atoms with E-state index in [0.717, 1.165) is 24.3 Å². The molecule has 0 radical (unpaired) electrons. The van der Waals surface area contributed by atoms with Gasteiger partial charge in [0.15, 0.2) is 0 Å². The summed E-state index contributed by atoms with van der Waals surface area (Å²) < 4.78 is 6.39. The first-order valence-corrected chi connectivity index (χ1v) is 10.0. The molecule has 29 heavy (non-hydrogen) atoms. The third-order valence-electron chi connectivity index (χ3n) is 4.80. The summed E-state index contributed by atoms with van der Waals surface area (Å²) in [6.45, 7) is 23.2. The Kier molecular flexibility index (Phi) is 8.63. The van der Waals surface area contributed by atoms with E-state index in [4.69, 9.17) is 9.53 Å². The largest absolute Gasteiger partial charge is 0.457 e. The van der Waals surface area contributed by atoms with Gasteiger partial charge in [-0.1, -0.05) is 78.0 Å². The molecule has 2 nitrogen and oxygen atoms in total. The minimum atomic E-state index is 0.108. The maximum atomic E-state index is 8.00. The molecule has 0 saturated heterocycles. The summed E-state index contributed by atoms with van der Waals surface area (Å²) in [6.07, 6.45) is 5.44. The van der Waals surface area contributed by atoms with Crippen molar-refractivity contribution in [2.75, 3.05) is 0 Å². The molecule has 156 valence electrons. The molecule has 0 heterocycles. The highest BCUT2D eigenvalue weighted by atomic mass is 16.5. The van der Waals surface area contributed by atoms with Gasteiger partial charge in [-0.15, -0.1) is 13.2 Å². The van der Waals surface area contributed by atoms with Crippen LogP contribution in [0.3, 0.4) is 0 Å². The van der Waals surface area contributed by atoms with Gasteiger partial charge in [-0.3, -0.25) is 0 Å². The van der Waals surface area contributed by atoms with Gasteiger partial charge in [0.1, 0.15) is 18.3 Å². The van der Waals surface area contributed by atoms with E-state index in [0.29, 0.717) is 0 Å². The van der Waals surface area contributed by atoms with E-state index in [1.165, 1.54) is 22.3 Å². The van der Waals surface area contributed by atoms with Crippen LogP contribution >= 0.6 is 0 Å². The van der Waals surface area contributed by atoms with Gasteiger partial charge < -0.3 is 9.53 Å². The zero-order valence-corrected chi connectivity index (χ0v) is 19.0. The van der Waals surface area contributed by atoms with Crippen molar-refractivity contribution in [2.24, 2.45) is 0 Å². The maximum absolute atomic E-state index is 8.00. The van der Waals surface area contributed by atoms with E-state index in [9.17, 15) is 0 Å². The Morgan fingerprint density at radius 3 is 1.34 bits per heavy atom. The van der Waals surface area contributed by atoms with Gasteiger partial charge in [-0.05, 0) is 58.1 Å². The second-order valence-corrected chi connectivity index (χ2v) is 9.23. The standard InChI is InChI=1S/C26H34O.CH2O/c1-9-11-19-17-21(25(3,4)5)13-15-23(19)27-24-16-14-22(26(6,7)8)18-20(24)12-10-2;1-2/h9-10,13-18H,1-2,11-12H2,3-8H3;1H2. The summed E-state index contributed by atoms with van der Waals surface area (Å²) >= 11 is 0. The molecule has 0 unspecified atom stereocenters. The lowest BCUT2D eigenvalue weighted by Gasteiger charge is -2.23. The van der Waals surface area contributed by atoms with Gasteiger partial charge in [-0.25, -0.2) is 0 Å². The molecule has 0 amide bonds. The second-order valence-electron chi connectivity index (χ2n) is 9.23. The summed E-state index contributed by atoms with van der Waals surface area (Å²) in [5.41, 5.74) is 5.17. The highest BCUT2D eigenvalue weighted by Crippen LogP contribution is 2.35. The van der Waals surface area contributed by atoms with Gasteiger partial charge in [0.25, 0.3) is 0 Å². The van der Waals surface area contributed by atoms with Crippen LogP contribution in [-0.2, 0) is 28.5 Å². The van der Waals surface area contributed by atoms with Crippen LogP contribution in [0.4, 0.5) is 0 Å². The predicted molar refractivity (Wildman–Crippen MR) is 125 cm³/mol. The predicted octanol–water partition coefficient (Wildman–Crippen LogP) is 7.35. The monoisotopic (exact) mass is 392 g/mol. The molecule has 2 aromatic rings. The van der Waals surface area contributed by atoms with E-state index in [1.54, 1.807) is 0 Å². The summed E-state index contributed by atoms with van der Waals surface area (Å²) in [7, 11) is 0. The second kappa shape index (κ2) is 10.2. The highest BCUT2D eigenvalue weighted by Gasteiger charge is 2.18. The molecule has 0 bridgehead atoms. The first kappa shape index (κ1) is 24.4. The number of carbonyl (C=O) groups excluding carboxylic acids is 1. The number of ether oxygens (including phenoxy) is 1. The molecule has 2 aromatic carbocycles. The Hall–Kier alpha value is -2.61. The fraction of sp³-hybridized carbons (Fsp3) is 0.370. The Morgan fingerprint density at radius 2 is 1.07 bits per heavy atom. The molecule has 0 fully saturated rings. The minimum Gasteiger partial charge on any atom is -0.457 e. The summed E-state index contributed by atoms with van der Waals surface area (Å²) in [5, 5.41) is 0. The molecule has 2 heteroatoms. The molecule has 0 atom stereocenters. The fourth-order valence-corrected chi connectivity index (χ4v) is 3.04. The number of carbonyl (C=O) groups is 1. The Bertz CT molecular complexity index is 763. The Balaban J connectivity index is 0.00000204. The van der Waals surface area contributed by atoms with Gasteiger partial charge in [0, 0.05) is 0 Å². The van der Waals surface area contributed by atoms with Crippen molar-refractivity contribution in [3.63, 3.8) is 0 Å². The molecule has 0 aliphatic rings. The van der Waals surface area contributed by atoms with E-state index in [-0.39, 0.29) is 10.8 Å². The van der Waals surface area contributed by atoms with Gasteiger partial charge >= 0.3 is 0 Å². The maximum Gasteiger partial charge on any atom is 0.130 e. The normalized spacial score (nSPS) is 11.2. The lowest BCUT2D eigenvalue weighted by Crippen LogP contribution is -2.12. The zero-order valence-electron chi connectivity index (χ0n) is 19.0. The average Bonchev–Trinajstić information content (AvgIpc) is 2.65. The molecule has 0 saturated carbocycles. The summed E-state index contributed by atoms with van der Waals surface area (Å²) in [5.74, 6) is 1.80. The summed E-state index contributed by atoms with van der Waals surface area (Å²) in [4.78, 5) is 8.00. The quantitative estimate of drug-likeness (QED) is 0.480. The van der Waals surface area contributed by atoms with Crippen molar-refractivity contribution in [2.45, 2.75) is 65.2 Å². The summed E-state index contributed by atoms with van der Waals surface area (Å²) in [6, 6.07) is 13.0. The third kappa shape index (κ3) is 6.74. The number of rotatable bonds is 6. The van der Waals surface area contributed by atoms with E-state index >= 15 is 0 Å². The number of hydrogen-bond acceptors (Lipinski definition) is 2. The molecule has 0 aliphatic carbocycles. The smallest absolute Gasteiger partial charge is 0.130 e. The SMILES string of the molecule is C=CCc1cc(C(C)(C)C)ccc1Oc1ccc(C(C)(C)C)cc1CC=C.C=O.